The van der Waals surface area contributed by atoms with Gasteiger partial charge in [0.15, 0.2) is 0 Å². The van der Waals surface area contributed by atoms with Crippen LogP contribution in [0.2, 0.25) is 0 Å². The highest BCUT2D eigenvalue weighted by Crippen LogP contribution is 2.22. The molecular formula is C22H27FN4O2. The lowest BCUT2D eigenvalue weighted by atomic mass is 10.0. The number of hydrogen-bond donors (Lipinski definition) is 2. The largest absolute Gasteiger partial charge is 0.346 e. The summed E-state index contributed by atoms with van der Waals surface area (Å²) in [5.41, 5.74) is 1.84. The van der Waals surface area contributed by atoms with Gasteiger partial charge in [0.2, 0.25) is 0 Å². The quantitative estimate of drug-likeness (QED) is 0.725. The molecule has 3 rings (SSSR count). The number of nitrogens with one attached hydrogen (secondary N) is 2. The molecule has 1 atom stereocenters. The molecule has 0 unspecified atom stereocenters. The predicted molar refractivity (Wildman–Crippen MR) is 110 cm³/mol. The number of halogens is 1. The molecule has 0 aromatic heterocycles. The monoisotopic (exact) mass is 398 g/mol. The molecule has 2 N–H and O–H groups in total. The smallest absolute Gasteiger partial charge is 0.309 e. The number of piperazine rings is 1. The molecule has 0 spiro atoms. The third-order valence-electron chi connectivity index (χ3n) is 5.19. The van der Waals surface area contributed by atoms with Crippen molar-refractivity contribution in [1.29, 1.82) is 0 Å². The fourth-order valence-corrected chi connectivity index (χ4v) is 3.40. The Labute approximate surface area is 170 Å². The molecule has 0 bridgehead atoms. The highest BCUT2D eigenvalue weighted by atomic mass is 19.1. The van der Waals surface area contributed by atoms with Crippen LogP contribution in [0.3, 0.4) is 0 Å². The molecule has 0 saturated carbocycles. The van der Waals surface area contributed by atoms with Crippen molar-refractivity contribution in [3.8, 4) is 0 Å². The maximum Gasteiger partial charge on any atom is 0.309 e. The molecular weight excluding hydrogens is 371 g/mol. The first-order valence-electron chi connectivity index (χ1n) is 9.81. The first-order valence-corrected chi connectivity index (χ1v) is 9.81. The zero-order valence-electron chi connectivity index (χ0n) is 16.6. The molecule has 0 aliphatic carbocycles. The van der Waals surface area contributed by atoms with Crippen molar-refractivity contribution < 1.29 is 14.0 Å². The van der Waals surface area contributed by atoms with Gasteiger partial charge >= 0.3 is 11.8 Å². The van der Waals surface area contributed by atoms with Gasteiger partial charge < -0.3 is 15.5 Å². The molecule has 2 aromatic carbocycles. The minimum Gasteiger partial charge on any atom is -0.346 e. The summed E-state index contributed by atoms with van der Waals surface area (Å²) >= 11 is 0. The number of carbonyl (C=O) groups is 2. The molecule has 2 aromatic rings. The average molecular weight is 398 g/mol. The average Bonchev–Trinajstić information content (AvgIpc) is 2.75. The zero-order valence-corrected chi connectivity index (χ0v) is 16.6. The maximum absolute atomic E-state index is 13.3. The Bertz CT molecular complexity index is 805. The minimum absolute atomic E-state index is 0.116. The highest BCUT2D eigenvalue weighted by molar-refractivity contribution is 6.35. The SMILES string of the molecule is CN1CCN([C@@H](CNC(=O)C(=O)NCc2ccccc2)c2ccc(F)cc2)CC1. The van der Waals surface area contributed by atoms with E-state index in [2.05, 4.69) is 27.5 Å². The van der Waals surface area contributed by atoms with Crippen molar-refractivity contribution >= 4 is 11.8 Å². The number of hydrogen-bond acceptors (Lipinski definition) is 4. The van der Waals surface area contributed by atoms with Crippen LogP contribution in [-0.2, 0) is 16.1 Å². The maximum atomic E-state index is 13.3. The highest BCUT2D eigenvalue weighted by Gasteiger charge is 2.25. The minimum atomic E-state index is -0.665. The van der Waals surface area contributed by atoms with Gasteiger partial charge in [-0.05, 0) is 30.3 Å². The van der Waals surface area contributed by atoms with E-state index in [4.69, 9.17) is 0 Å². The first-order chi connectivity index (χ1) is 14.0. The van der Waals surface area contributed by atoms with Crippen LogP contribution in [0.5, 0.6) is 0 Å². The topological polar surface area (TPSA) is 64.7 Å². The lowest BCUT2D eigenvalue weighted by molar-refractivity contribution is -0.139. The lowest BCUT2D eigenvalue weighted by Crippen LogP contribution is -2.49. The van der Waals surface area contributed by atoms with E-state index in [0.29, 0.717) is 6.54 Å². The van der Waals surface area contributed by atoms with Crippen molar-refractivity contribution in [3.05, 3.63) is 71.5 Å². The van der Waals surface area contributed by atoms with Crippen molar-refractivity contribution in [1.82, 2.24) is 20.4 Å². The summed E-state index contributed by atoms with van der Waals surface area (Å²) in [6.07, 6.45) is 0. The molecule has 154 valence electrons. The zero-order chi connectivity index (χ0) is 20.6. The molecule has 1 aliphatic rings. The van der Waals surface area contributed by atoms with Gasteiger partial charge in [-0.15, -0.1) is 0 Å². The molecule has 0 radical (unpaired) electrons. The van der Waals surface area contributed by atoms with Crippen LogP contribution in [-0.4, -0.2) is 61.4 Å². The molecule has 1 aliphatic heterocycles. The van der Waals surface area contributed by atoms with E-state index >= 15 is 0 Å². The van der Waals surface area contributed by atoms with Crippen molar-refractivity contribution in [3.63, 3.8) is 0 Å². The number of amides is 2. The Hall–Kier alpha value is -2.77. The molecule has 1 heterocycles. The predicted octanol–water partition coefficient (Wildman–Crippen LogP) is 1.55. The normalized spacial score (nSPS) is 16.2. The van der Waals surface area contributed by atoms with Crippen LogP contribution >= 0.6 is 0 Å². The van der Waals surface area contributed by atoms with E-state index in [9.17, 15) is 14.0 Å². The Morgan fingerprint density at radius 2 is 1.55 bits per heavy atom. The standard InChI is InChI=1S/C22H27FN4O2/c1-26-11-13-27(14-12-26)20(18-7-9-19(23)10-8-18)16-25-22(29)21(28)24-15-17-5-3-2-4-6-17/h2-10,20H,11-16H2,1H3,(H,24,28)(H,25,29)/t20-/m0/s1. The Kier molecular flexibility index (Phi) is 7.32. The molecule has 6 nitrogen and oxygen atoms in total. The van der Waals surface area contributed by atoms with Crippen LogP contribution < -0.4 is 10.6 Å². The second-order valence-corrected chi connectivity index (χ2v) is 7.28. The van der Waals surface area contributed by atoms with E-state index in [1.54, 1.807) is 12.1 Å². The summed E-state index contributed by atoms with van der Waals surface area (Å²) in [5.74, 6) is -1.62. The Morgan fingerprint density at radius 1 is 0.931 bits per heavy atom. The number of rotatable bonds is 6. The second-order valence-electron chi connectivity index (χ2n) is 7.28. The van der Waals surface area contributed by atoms with Gasteiger partial charge in [0.25, 0.3) is 0 Å². The van der Waals surface area contributed by atoms with Gasteiger partial charge in [-0.1, -0.05) is 42.5 Å². The van der Waals surface area contributed by atoms with Gasteiger partial charge in [0.05, 0.1) is 6.04 Å². The molecule has 2 amide bonds. The summed E-state index contributed by atoms with van der Waals surface area (Å²) in [4.78, 5) is 28.9. The van der Waals surface area contributed by atoms with Gasteiger partial charge in [-0.3, -0.25) is 14.5 Å². The van der Waals surface area contributed by atoms with E-state index in [-0.39, 0.29) is 18.4 Å². The van der Waals surface area contributed by atoms with Crippen LogP contribution in [0.1, 0.15) is 17.2 Å². The van der Waals surface area contributed by atoms with Crippen LogP contribution in [0, 0.1) is 5.82 Å². The Balaban J connectivity index is 1.59. The first kappa shape index (κ1) is 21.0. The number of carbonyl (C=O) groups excluding carboxylic acids is 2. The van der Waals surface area contributed by atoms with Crippen molar-refractivity contribution in [2.45, 2.75) is 12.6 Å². The number of likely N-dealkylation sites (N-methyl/N-ethyl adjacent to an activating group) is 1. The summed E-state index contributed by atoms with van der Waals surface area (Å²) < 4.78 is 13.3. The molecule has 1 fully saturated rings. The van der Waals surface area contributed by atoms with Crippen LogP contribution in [0.4, 0.5) is 4.39 Å². The van der Waals surface area contributed by atoms with Gasteiger partial charge in [0.1, 0.15) is 5.82 Å². The van der Waals surface area contributed by atoms with Crippen molar-refractivity contribution in [2.75, 3.05) is 39.8 Å². The van der Waals surface area contributed by atoms with Gasteiger partial charge in [0, 0.05) is 39.3 Å². The third kappa shape index (κ3) is 6.10. The van der Waals surface area contributed by atoms with Crippen molar-refractivity contribution in [2.24, 2.45) is 0 Å². The van der Waals surface area contributed by atoms with E-state index < -0.39 is 11.8 Å². The van der Waals surface area contributed by atoms with E-state index in [1.165, 1.54) is 12.1 Å². The summed E-state index contributed by atoms with van der Waals surface area (Å²) in [7, 11) is 2.07. The Morgan fingerprint density at radius 3 is 2.21 bits per heavy atom. The molecule has 1 saturated heterocycles. The molecule has 29 heavy (non-hydrogen) atoms. The lowest BCUT2D eigenvalue weighted by Gasteiger charge is -2.38. The molecule has 7 heteroatoms. The van der Waals surface area contributed by atoms with E-state index in [1.807, 2.05) is 30.3 Å². The van der Waals surface area contributed by atoms with Gasteiger partial charge in [-0.2, -0.15) is 0 Å². The fourth-order valence-electron chi connectivity index (χ4n) is 3.40. The summed E-state index contributed by atoms with van der Waals surface area (Å²) in [5, 5.41) is 5.37. The number of nitrogens with zero attached hydrogens (tertiary/aromatic N) is 2. The number of benzene rings is 2. The van der Waals surface area contributed by atoms with Gasteiger partial charge in [-0.25, -0.2) is 4.39 Å². The van der Waals surface area contributed by atoms with E-state index in [0.717, 1.165) is 37.3 Å². The summed E-state index contributed by atoms with van der Waals surface area (Å²) in [6, 6.07) is 15.6. The second kappa shape index (κ2) is 10.1. The summed E-state index contributed by atoms with van der Waals surface area (Å²) in [6.45, 7) is 4.11. The fraction of sp³-hybridized carbons (Fsp3) is 0.364. The van der Waals surface area contributed by atoms with Crippen LogP contribution in [0.25, 0.3) is 0 Å². The van der Waals surface area contributed by atoms with Crippen LogP contribution in [0.15, 0.2) is 54.6 Å². The third-order valence-corrected chi connectivity index (χ3v) is 5.19.